The van der Waals surface area contributed by atoms with Crippen LogP contribution in [-0.4, -0.2) is 16.6 Å². The second-order valence-corrected chi connectivity index (χ2v) is 5.31. The molecule has 6 nitrogen and oxygen atoms in total. The molecular weight excluding hydrogens is 448 g/mol. The zero-order valence-electron chi connectivity index (χ0n) is 13.9. The number of fused-ring (bicyclic) bond motifs is 1. The summed E-state index contributed by atoms with van der Waals surface area (Å²) >= 11 is 0. The Bertz CT molecular complexity index is 870. The quantitative estimate of drug-likeness (QED) is 0.222. The van der Waals surface area contributed by atoms with Crippen LogP contribution in [0.2, 0.25) is 0 Å². The first-order valence-corrected chi connectivity index (χ1v) is 7.26. The summed E-state index contributed by atoms with van der Waals surface area (Å²) in [4.78, 5) is 0. The smallest absolute Gasteiger partial charge is 0.286 e. The van der Waals surface area contributed by atoms with Crippen LogP contribution < -0.4 is 33.0 Å². The highest BCUT2D eigenvalue weighted by Crippen LogP contribution is 2.22. The molecule has 0 spiro atoms. The lowest BCUT2D eigenvalue weighted by atomic mass is 10.1. The van der Waals surface area contributed by atoms with Crippen LogP contribution in [0, 0.1) is 6.92 Å². The third-order valence-corrected chi connectivity index (χ3v) is 3.79. The fraction of sp³-hybridized carbons (Fsp3) is 0.118. The van der Waals surface area contributed by atoms with Crippen molar-refractivity contribution in [2.24, 2.45) is 28.7 Å². The topological polar surface area (TPSA) is 85.0 Å². The van der Waals surface area contributed by atoms with Crippen LogP contribution in [0.1, 0.15) is 11.3 Å². The van der Waals surface area contributed by atoms with Crippen LogP contribution in [-0.2, 0) is 7.05 Å². The monoisotopic (exact) mass is 466 g/mol. The van der Waals surface area contributed by atoms with Crippen molar-refractivity contribution < 1.29 is 21.5 Å². The molecule has 25 heavy (non-hydrogen) atoms. The van der Waals surface area contributed by atoms with Gasteiger partial charge in [0, 0.05) is 18.6 Å². The maximum atomic E-state index is 5.24. The van der Waals surface area contributed by atoms with Gasteiger partial charge in [-0.2, -0.15) is 9.50 Å². The zero-order chi connectivity index (χ0) is 16.4. The lowest BCUT2D eigenvalue weighted by Crippen LogP contribution is -3.00. The molecule has 2 aromatic heterocycles. The van der Waals surface area contributed by atoms with E-state index < -0.39 is 0 Å². The van der Waals surface area contributed by atoms with E-state index in [1.54, 1.807) is 6.21 Å². The summed E-state index contributed by atoms with van der Waals surface area (Å²) in [7, 11) is 2.08. The van der Waals surface area contributed by atoms with Gasteiger partial charge < -0.3 is 28.4 Å². The number of imidazole rings is 1. The van der Waals surface area contributed by atoms with Crippen LogP contribution in [0.15, 0.2) is 58.9 Å². The van der Waals surface area contributed by atoms with Crippen LogP contribution in [0.5, 0.6) is 0 Å². The number of benzene rings is 1. The lowest BCUT2D eigenvalue weighted by molar-refractivity contribution is -0.633. The molecule has 8 heteroatoms. The molecule has 0 radical (unpaired) electrons. The Labute approximate surface area is 167 Å². The van der Waals surface area contributed by atoms with Gasteiger partial charge >= 0.3 is 0 Å². The fourth-order valence-electron chi connectivity index (χ4n) is 2.75. The molecule has 3 rings (SSSR count). The number of nitrogens with two attached hydrogens (primary N) is 2. The predicted octanol–water partition coefficient (Wildman–Crippen LogP) is -1.07. The predicted molar refractivity (Wildman–Crippen MR) is 102 cm³/mol. The first-order valence-electron chi connectivity index (χ1n) is 7.26. The van der Waals surface area contributed by atoms with Crippen molar-refractivity contribution in [3.8, 4) is 11.3 Å². The summed E-state index contributed by atoms with van der Waals surface area (Å²) < 4.78 is 4.38. The molecule has 0 saturated carbocycles. The summed E-state index contributed by atoms with van der Waals surface area (Å²) in [6.45, 7) is 2.12. The zero-order valence-corrected chi connectivity index (χ0v) is 17.2. The maximum absolute atomic E-state index is 5.24. The van der Waals surface area contributed by atoms with Gasteiger partial charge in [0.05, 0.1) is 19.5 Å². The minimum absolute atomic E-state index is 0. The Kier molecular flexibility index (Phi) is 7.32. The first kappa shape index (κ1) is 20.9. The number of aromatic nitrogens is 2. The summed E-state index contributed by atoms with van der Waals surface area (Å²) in [5.74, 6) is -0.0546. The Morgan fingerprint density at radius 1 is 1.12 bits per heavy atom. The Hall–Kier alpha value is -2.19. The number of pyridine rings is 1. The highest BCUT2D eigenvalue weighted by molar-refractivity contribution is 8.93. The van der Waals surface area contributed by atoms with Crippen molar-refractivity contribution in [1.29, 1.82) is 0 Å². The van der Waals surface area contributed by atoms with E-state index in [-0.39, 0.29) is 39.9 Å². The molecule has 0 fully saturated rings. The van der Waals surface area contributed by atoms with Gasteiger partial charge in [-0.1, -0.05) is 18.2 Å². The van der Waals surface area contributed by atoms with Gasteiger partial charge in [0.25, 0.3) is 5.65 Å². The van der Waals surface area contributed by atoms with E-state index in [1.807, 2.05) is 24.3 Å². The molecule has 3 aromatic rings. The van der Waals surface area contributed by atoms with Crippen molar-refractivity contribution >= 4 is 34.8 Å². The molecule has 0 aliphatic heterocycles. The standard InChI is InChI=1S/C17H19N6.2BrH/c1-12-16(22(2)15-5-3-4-10-23(12)15)14-8-6-13(7-9-14)11-20-21-17(18)19;;/h3-11H,1-2H3,(H4,18,19,21);2*1H/q+1;;/p-1/b20-11+;;. The van der Waals surface area contributed by atoms with E-state index in [0.29, 0.717) is 0 Å². The largest absolute Gasteiger partial charge is 1.00 e. The van der Waals surface area contributed by atoms with Crippen LogP contribution in [0.4, 0.5) is 0 Å². The molecule has 0 aliphatic rings. The van der Waals surface area contributed by atoms with Gasteiger partial charge in [-0.05, 0) is 23.8 Å². The number of guanidine groups is 1. The van der Waals surface area contributed by atoms with Gasteiger partial charge in [-0.25, -0.2) is 4.57 Å². The summed E-state index contributed by atoms with van der Waals surface area (Å²) in [5.41, 5.74) is 16.1. The molecular formula is C17H20Br2N6. The molecule has 4 N–H and O–H groups in total. The van der Waals surface area contributed by atoms with Crippen LogP contribution in [0.25, 0.3) is 16.9 Å². The number of nitrogens with zero attached hydrogens (tertiary/aromatic N) is 4. The van der Waals surface area contributed by atoms with E-state index >= 15 is 0 Å². The van der Waals surface area contributed by atoms with Gasteiger partial charge in [-0.3, -0.25) is 0 Å². The van der Waals surface area contributed by atoms with Gasteiger partial charge in [0.1, 0.15) is 0 Å². The van der Waals surface area contributed by atoms with E-state index in [0.717, 1.165) is 16.8 Å². The lowest BCUT2D eigenvalue weighted by Gasteiger charge is -1.99. The van der Waals surface area contributed by atoms with Gasteiger partial charge in [0.15, 0.2) is 11.4 Å². The van der Waals surface area contributed by atoms with Crippen molar-refractivity contribution in [2.45, 2.75) is 6.92 Å². The average Bonchev–Trinajstić information content (AvgIpc) is 2.80. The van der Waals surface area contributed by atoms with E-state index in [4.69, 9.17) is 11.5 Å². The Balaban J connectivity index is 0.00000156. The second-order valence-electron chi connectivity index (χ2n) is 5.31. The van der Waals surface area contributed by atoms with Crippen molar-refractivity contribution in [2.75, 3.05) is 0 Å². The average molecular weight is 468 g/mol. The molecule has 2 heterocycles. The van der Waals surface area contributed by atoms with Gasteiger partial charge in [-0.15, -0.1) is 22.1 Å². The van der Waals surface area contributed by atoms with E-state index in [9.17, 15) is 0 Å². The summed E-state index contributed by atoms with van der Waals surface area (Å²) in [5, 5.41) is 7.41. The molecule has 0 unspecified atom stereocenters. The van der Waals surface area contributed by atoms with Crippen LogP contribution >= 0.6 is 17.0 Å². The number of hydrogen-bond donors (Lipinski definition) is 2. The minimum Gasteiger partial charge on any atom is -1.00 e. The van der Waals surface area contributed by atoms with Crippen molar-refractivity contribution in [3.63, 3.8) is 0 Å². The number of halogens is 2. The summed E-state index contributed by atoms with van der Waals surface area (Å²) in [6, 6.07) is 14.3. The second kappa shape index (κ2) is 8.77. The molecule has 0 bridgehead atoms. The number of rotatable bonds is 3. The SMILES string of the molecule is Br.Cc1c(-c2ccc(/C=N/N=C(N)N)cc2)[n+](C)c2ccccn12.[Br-]. The Morgan fingerprint density at radius 2 is 1.80 bits per heavy atom. The number of aryl methyl sites for hydroxylation is 2. The molecule has 0 amide bonds. The summed E-state index contributed by atoms with van der Waals surface area (Å²) in [6.07, 6.45) is 3.69. The molecule has 0 saturated heterocycles. The highest BCUT2D eigenvalue weighted by Gasteiger charge is 2.20. The first-order chi connectivity index (χ1) is 11.1. The fourth-order valence-corrected chi connectivity index (χ4v) is 2.75. The maximum Gasteiger partial charge on any atom is 0.286 e. The van der Waals surface area contributed by atoms with Crippen molar-refractivity contribution in [3.05, 3.63) is 59.9 Å². The molecule has 132 valence electrons. The van der Waals surface area contributed by atoms with Gasteiger partial charge in [0.2, 0.25) is 5.96 Å². The molecule has 0 aliphatic carbocycles. The Morgan fingerprint density at radius 3 is 2.40 bits per heavy atom. The highest BCUT2D eigenvalue weighted by atomic mass is 79.9. The van der Waals surface area contributed by atoms with E-state index in [2.05, 4.69) is 57.5 Å². The van der Waals surface area contributed by atoms with E-state index in [1.165, 1.54) is 11.4 Å². The molecule has 1 aromatic carbocycles. The van der Waals surface area contributed by atoms with Crippen LogP contribution in [0.3, 0.4) is 0 Å². The minimum atomic E-state index is -0.0546. The number of hydrogen-bond acceptors (Lipinski definition) is 2. The molecule has 0 atom stereocenters. The third-order valence-electron chi connectivity index (χ3n) is 3.79. The van der Waals surface area contributed by atoms with Crippen molar-refractivity contribution in [1.82, 2.24) is 4.40 Å². The normalized spacial score (nSPS) is 10.3. The third kappa shape index (κ3) is 4.26.